The third-order valence-corrected chi connectivity index (χ3v) is 2.36. The standard InChI is InChI=1S/C12H17NO3/c1-12(2,3)11(15)10(16-8-14)7-9-5-4-6-13-9/h5-6,8,10H,4,7H2,1-3H3/t10-/m0/s1. The molecular weight excluding hydrogens is 206 g/mol. The minimum Gasteiger partial charge on any atom is -0.456 e. The van der Waals surface area contributed by atoms with Crippen LogP contribution in [0.5, 0.6) is 0 Å². The van der Waals surface area contributed by atoms with Crippen molar-refractivity contribution in [1.29, 1.82) is 0 Å². The molecular formula is C12H17NO3. The topological polar surface area (TPSA) is 55.7 Å². The van der Waals surface area contributed by atoms with E-state index in [1.165, 1.54) is 0 Å². The molecule has 88 valence electrons. The molecule has 1 atom stereocenters. The zero-order valence-electron chi connectivity index (χ0n) is 9.90. The minimum atomic E-state index is -0.723. The third-order valence-electron chi connectivity index (χ3n) is 2.36. The fourth-order valence-electron chi connectivity index (χ4n) is 1.49. The van der Waals surface area contributed by atoms with E-state index in [0.29, 0.717) is 12.9 Å². The van der Waals surface area contributed by atoms with Gasteiger partial charge in [-0.3, -0.25) is 14.6 Å². The Balaban J connectivity index is 2.70. The van der Waals surface area contributed by atoms with Gasteiger partial charge in [0.15, 0.2) is 11.9 Å². The van der Waals surface area contributed by atoms with Crippen LogP contribution in [0.1, 0.15) is 33.6 Å². The van der Waals surface area contributed by atoms with E-state index in [2.05, 4.69) is 4.99 Å². The van der Waals surface area contributed by atoms with Gasteiger partial charge in [-0.05, 0) is 0 Å². The molecule has 0 aromatic rings. The zero-order valence-corrected chi connectivity index (χ0v) is 9.90. The highest BCUT2D eigenvalue weighted by atomic mass is 16.5. The molecule has 0 N–H and O–H groups in total. The van der Waals surface area contributed by atoms with Gasteiger partial charge in [0, 0.05) is 30.2 Å². The summed E-state index contributed by atoms with van der Waals surface area (Å²) in [4.78, 5) is 26.5. The molecule has 1 heterocycles. The Hall–Kier alpha value is -1.45. The predicted octanol–water partition coefficient (Wildman–Crippen LogP) is 1.89. The molecule has 0 aliphatic carbocycles. The molecule has 0 saturated carbocycles. The van der Waals surface area contributed by atoms with Gasteiger partial charge in [-0.1, -0.05) is 26.8 Å². The van der Waals surface area contributed by atoms with Gasteiger partial charge in [0.05, 0.1) is 0 Å². The number of hydrogen-bond donors (Lipinski definition) is 0. The van der Waals surface area contributed by atoms with E-state index in [1.807, 2.05) is 26.8 Å². The predicted molar refractivity (Wildman–Crippen MR) is 61.2 cm³/mol. The first-order valence-corrected chi connectivity index (χ1v) is 5.30. The van der Waals surface area contributed by atoms with Crippen LogP contribution in [0, 0.1) is 5.41 Å². The lowest BCUT2D eigenvalue weighted by Crippen LogP contribution is -2.34. The quantitative estimate of drug-likeness (QED) is 0.669. The van der Waals surface area contributed by atoms with Crippen molar-refractivity contribution in [2.45, 2.75) is 39.7 Å². The Morgan fingerprint density at radius 2 is 2.31 bits per heavy atom. The van der Waals surface area contributed by atoms with E-state index in [4.69, 9.17) is 4.74 Å². The van der Waals surface area contributed by atoms with Gasteiger partial charge in [0.1, 0.15) is 0 Å². The summed E-state index contributed by atoms with van der Waals surface area (Å²) < 4.78 is 4.85. The lowest BCUT2D eigenvalue weighted by atomic mass is 9.86. The second kappa shape index (κ2) is 5.05. The molecule has 0 saturated heterocycles. The average Bonchev–Trinajstić information content (AvgIpc) is 2.67. The van der Waals surface area contributed by atoms with Crippen LogP contribution in [0.15, 0.2) is 16.8 Å². The van der Waals surface area contributed by atoms with E-state index in [-0.39, 0.29) is 5.78 Å². The van der Waals surface area contributed by atoms with Crippen LogP contribution < -0.4 is 0 Å². The Labute approximate surface area is 95.4 Å². The number of hydrogen-bond acceptors (Lipinski definition) is 4. The number of aliphatic imine (C=N–C) groups is 1. The minimum absolute atomic E-state index is 0.0809. The SMILES string of the molecule is CC(C)(C)C(=O)[C@H](CC1=CCC=N1)OC=O. The second-order valence-electron chi connectivity index (χ2n) is 4.78. The Bertz CT molecular complexity index is 337. The van der Waals surface area contributed by atoms with Gasteiger partial charge in [-0.15, -0.1) is 0 Å². The highest BCUT2D eigenvalue weighted by molar-refractivity contribution is 5.89. The summed E-state index contributed by atoms with van der Waals surface area (Å²) in [6.07, 6.45) is 4.13. The molecule has 0 unspecified atom stereocenters. The monoisotopic (exact) mass is 223 g/mol. The Kier molecular flexibility index (Phi) is 3.99. The molecule has 0 bridgehead atoms. The lowest BCUT2D eigenvalue weighted by molar-refractivity contribution is -0.147. The van der Waals surface area contributed by atoms with Crippen LogP contribution in [0.3, 0.4) is 0 Å². The molecule has 1 aliphatic rings. The smallest absolute Gasteiger partial charge is 0.293 e. The van der Waals surface area contributed by atoms with Crippen molar-refractivity contribution >= 4 is 18.5 Å². The number of nitrogens with zero attached hydrogens (tertiary/aromatic N) is 1. The van der Waals surface area contributed by atoms with Crippen molar-refractivity contribution in [2.24, 2.45) is 10.4 Å². The van der Waals surface area contributed by atoms with Gasteiger partial charge in [-0.25, -0.2) is 0 Å². The van der Waals surface area contributed by atoms with Crippen LogP contribution in [0.4, 0.5) is 0 Å². The molecule has 4 nitrogen and oxygen atoms in total. The summed E-state index contributed by atoms with van der Waals surface area (Å²) in [7, 11) is 0. The number of Topliss-reactive ketones (excluding diaryl/α,β-unsaturated/α-hetero) is 1. The molecule has 16 heavy (non-hydrogen) atoms. The lowest BCUT2D eigenvalue weighted by Gasteiger charge is -2.23. The van der Waals surface area contributed by atoms with Gasteiger partial charge < -0.3 is 4.74 Å². The molecule has 0 fully saturated rings. The van der Waals surface area contributed by atoms with Crippen molar-refractivity contribution in [1.82, 2.24) is 0 Å². The third kappa shape index (κ3) is 3.29. The first-order valence-electron chi connectivity index (χ1n) is 5.30. The van der Waals surface area contributed by atoms with Gasteiger partial charge in [0.25, 0.3) is 6.47 Å². The number of carbonyl (C=O) groups excluding carboxylic acids is 2. The molecule has 1 aliphatic heterocycles. The highest BCUT2D eigenvalue weighted by Gasteiger charge is 2.31. The average molecular weight is 223 g/mol. The van der Waals surface area contributed by atoms with Crippen LogP contribution in [0.25, 0.3) is 0 Å². The van der Waals surface area contributed by atoms with E-state index in [1.54, 1.807) is 6.21 Å². The van der Waals surface area contributed by atoms with E-state index < -0.39 is 11.5 Å². The molecule has 0 spiro atoms. The fourth-order valence-corrected chi connectivity index (χ4v) is 1.49. The van der Waals surface area contributed by atoms with Gasteiger partial charge in [-0.2, -0.15) is 0 Å². The number of carbonyl (C=O) groups is 2. The van der Waals surface area contributed by atoms with E-state index in [0.717, 1.165) is 12.1 Å². The molecule has 0 aromatic heterocycles. The summed E-state index contributed by atoms with van der Waals surface area (Å²) >= 11 is 0. The molecule has 0 radical (unpaired) electrons. The van der Waals surface area contributed by atoms with E-state index >= 15 is 0 Å². The molecule has 0 aromatic carbocycles. The van der Waals surface area contributed by atoms with Crippen LogP contribution in [-0.2, 0) is 14.3 Å². The summed E-state index contributed by atoms with van der Waals surface area (Å²) in [5, 5.41) is 0. The maximum atomic E-state index is 12.0. The van der Waals surface area contributed by atoms with Gasteiger partial charge >= 0.3 is 0 Å². The van der Waals surface area contributed by atoms with Crippen molar-refractivity contribution in [3.05, 3.63) is 11.8 Å². The number of ether oxygens (including phenoxy) is 1. The van der Waals surface area contributed by atoms with Crippen LogP contribution in [-0.4, -0.2) is 24.6 Å². The molecule has 0 amide bonds. The molecule has 4 heteroatoms. The Morgan fingerprint density at radius 1 is 1.62 bits per heavy atom. The van der Waals surface area contributed by atoms with Crippen molar-refractivity contribution < 1.29 is 14.3 Å². The van der Waals surface area contributed by atoms with Crippen molar-refractivity contribution in [3.8, 4) is 0 Å². The summed E-state index contributed by atoms with van der Waals surface area (Å²) in [6.45, 7) is 5.75. The number of ketones is 1. The van der Waals surface area contributed by atoms with Crippen molar-refractivity contribution in [2.75, 3.05) is 0 Å². The van der Waals surface area contributed by atoms with Crippen LogP contribution in [0.2, 0.25) is 0 Å². The number of rotatable bonds is 5. The largest absolute Gasteiger partial charge is 0.456 e. The summed E-state index contributed by atoms with van der Waals surface area (Å²) in [6, 6.07) is 0. The fraction of sp³-hybridized carbons (Fsp3) is 0.583. The first-order chi connectivity index (χ1) is 7.45. The number of allylic oxidation sites excluding steroid dienone is 1. The summed E-state index contributed by atoms with van der Waals surface area (Å²) in [5.74, 6) is -0.0809. The second-order valence-corrected chi connectivity index (χ2v) is 4.78. The van der Waals surface area contributed by atoms with Crippen LogP contribution >= 0.6 is 0 Å². The Morgan fingerprint density at radius 3 is 2.75 bits per heavy atom. The van der Waals surface area contributed by atoms with Crippen molar-refractivity contribution in [3.63, 3.8) is 0 Å². The highest BCUT2D eigenvalue weighted by Crippen LogP contribution is 2.23. The molecule has 1 rings (SSSR count). The van der Waals surface area contributed by atoms with E-state index in [9.17, 15) is 9.59 Å². The first kappa shape index (κ1) is 12.6. The zero-order chi connectivity index (χ0) is 12.2. The maximum absolute atomic E-state index is 12.0. The maximum Gasteiger partial charge on any atom is 0.293 e. The summed E-state index contributed by atoms with van der Waals surface area (Å²) in [5.41, 5.74) is 0.292. The van der Waals surface area contributed by atoms with Gasteiger partial charge in [0.2, 0.25) is 0 Å². The normalized spacial score (nSPS) is 16.8.